The second-order valence-electron chi connectivity index (χ2n) is 13.6. The summed E-state index contributed by atoms with van der Waals surface area (Å²) in [5, 5.41) is 13.7. The summed E-state index contributed by atoms with van der Waals surface area (Å²) in [7, 11) is 1.27. The highest BCUT2D eigenvalue weighted by Gasteiger charge is 2.24. The molecule has 9 heteroatoms. The van der Waals surface area contributed by atoms with Crippen LogP contribution in [0, 0.1) is 0 Å². The van der Waals surface area contributed by atoms with Crippen molar-refractivity contribution in [3.8, 4) is 0 Å². The predicted octanol–water partition coefficient (Wildman–Crippen LogP) is 8.38. The van der Waals surface area contributed by atoms with Crippen molar-refractivity contribution in [3.63, 3.8) is 0 Å². The maximum absolute atomic E-state index is 12.7. The average Bonchev–Trinajstić information content (AvgIpc) is 2.97. The molecular weight excluding hydrogens is 587 g/mol. The fourth-order valence-electron chi connectivity index (χ4n) is 4.91. The van der Waals surface area contributed by atoms with Gasteiger partial charge in [0.2, 0.25) is 5.91 Å². The average molecular weight is 659 g/mol. The summed E-state index contributed by atoms with van der Waals surface area (Å²) in [5.74, 6) is -0.189. The number of allylic oxidation sites excluding steroid dienone is 4. The summed E-state index contributed by atoms with van der Waals surface area (Å²) in [6, 6.07) is -0.815. The van der Waals surface area contributed by atoms with Gasteiger partial charge in [-0.05, 0) is 64.2 Å². The van der Waals surface area contributed by atoms with E-state index in [0.717, 1.165) is 57.8 Å². The Kier molecular flexibility index (Phi) is 28.5. The van der Waals surface area contributed by atoms with E-state index in [4.69, 9.17) is 9.05 Å². The zero-order chi connectivity index (χ0) is 33.7. The van der Waals surface area contributed by atoms with Gasteiger partial charge in [-0.2, -0.15) is 0 Å². The number of amides is 1. The number of quaternary nitrogens is 1. The molecule has 3 atom stereocenters. The van der Waals surface area contributed by atoms with E-state index in [2.05, 4.69) is 43.5 Å². The first-order chi connectivity index (χ1) is 21.5. The van der Waals surface area contributed by atoms with E-state index in [0.29, 0.717) is 23.9 Å². The lowest BCUT2D eigenvalue weighted by Gasteiger charge is -2.30. The molecular formula is C36H71N2O6P. The molecule has 0 heterocycles. The summed E-state index contributed by atoms with van der Waals surface area (Å²) in [5.41, 5.74) is 0. The van der Waals surface area contributed by atoms with Crippen molar-refractivity contribution in [3.05, 3.63) is 24.3 Å². The molecule has 1 unspecified atom stereocenters. The molecule has 0 radical (unpaired) electrons. The van der Waals surface area contributed by atoms with E-state index in [9.17, 15) is 19.4 Å². The number of rotatable bonds is 32. The molecule has 0 aliphatic carbocycles. The Bertz CT molecular complexity index is 799. The molecule has 0 saturated carbocycles. The SMILES string of the molecule is CCCCC/C=C/CCCC[C@@H](O)[C@H](COP(=O)([O-])OCC[N+](C)(C)C)NC(=O)CCCCCCC/C=C/CCCCCCC. The Balaban J connectivity index is 4.51. The first-order valence-electron chi connectivity index (χ1n) is 18.2. The molecule has 0 spiro atoms. The summed E-state index contributed by atoms with van der Waals surface area (Å²) in [6.07, 6.45) is 30.4. The lowest BCUT2D eigenvalue weighted by Crippen LogP contribution is -2.46. The Morgan fingerprint density at radius 1 is 0.756 bits per heavy atom. The van der Waals surface area contributed by atoms with Gasteiger partial charge in [0.25, 0.3) is 7.82 Å². The van der Waals surface area contributed by atoms with Crippen molar-refractivity contribution in [1.82, 2.24) is 5.32 Å². The fraction of sp³-hybridized carbons (Fsp3) is 0.861. The number of nitrogens with one attached hydrogen (secondary N) is 1. The maximum atomic E-state index is 12.7. The zero-order valence-electron chi connectivity index (χ0n) is 29.8. The maximum Gasteiger partial charge on any atom is 0.268 e. The van der Waals surface area contributed by atoms with Gasteiger partial charge in [-0.3, -0.25) is 9.36 Å². The van der Waals surface area contributed by atoms with Crippen LogP contribution in [0.3, 0.4) is 0 Å². The number of hydrogen-bond acceptors (Lipinski definition) is 6. The third-order valence-corrected chi connectivity index (χ3v) is 8.88. The fourth-order valence-corrected chi connectivity index (χ4v) is 5.63. The molecule has 0 bridgehead atoms. The molecule has 45 heavy (non-hydrogen) atoms. The van der Waals surface area contributed by atoms with E-state index < -0.39 is 20.0 Å². The second-order valence-corrected chi connectivity index (χ2v) is 15.0. The van der Waals surface area contributed by atoms with E-state index in [1.165, 1.54) is 64.2 Å². The molecule has 0 aromatic carbocycles. The topological polar surface area (TPSA) is 108 Å². The zero-order valence-corrected chi connectivity index (χ0v) is 30.7. The number of aliphatic hydroxyl groups is 1. The first kappa shape index (κ1) is 44.0. The molecule has 2 N–H and O–H groups in total. The lowest BCUT2D eigenvalue weighted by molar-refractivity contribution is -0.870. The third-order valence-electron chi connectivity index (χ3n) is 7.91. The minimum atomic E-state index is -4.56. The van der Waals surface area contributed by atoms with Crippen LogP contribution in [0.1, 0.15) is 149 Å². The van der Waals surface area contributed by atoms with Crippen LogP contribution in [0.5, 0.6) is 0 Å². The number of carbonyl (C=O) groups is 1. The van der Waals surface area contributed by atoms with Crippen molar-refractivity contribution >= 4 is 13.7 Å². The second kappa shape index (κ2) is 29.1. The molecule has 0 aromatic rings. The molecule has 0 aromatic heterocycles. The molecule has 8 nitrogen and oxygen atoms in total. The number of likely N-dealkylation sites (N-methyl/N-ethyl adjacent to an activating group) is 1. The van der Waals surface area contributed by atoms with Gasteiger partial charge >= 0.3 is 0 Å². The summed E-state index contributed by atoms with van der Waals surface area (Å²) in [4.78, 5) is 25.1. The molecule has 0 aliphatic heterocycles. The molecule has 0 aliphatic rings. The van der Waals surface area contributed by atoms with Crippen molar-refractivity contribution in [1.29, 1.82) is 0 Å². The monoisotopic (exact) mass is 659 g/mol. The molecule has 1 amide bonds. The highest BCUT2D eigenvalue weighted by Crippen LogP contribution is 2.38. The molecule has 266 valence electrons. The van der Waals surface area contributed by atoms with Crippen molar-refractivity contribution in [2.24, 2.45) is 0 Å². The predicted molar refractivity (Wildman–Crippen MR) is 187 cm³/mol. The van der Waals surface area contributed by atoms with Crippen molar-refractivity contribution < 1.29 is 32.9 Å². The number of nitrogens with zero attached hydrogens (tertiary/aromatic N) is 1. The lowest BCUT2D eigenvalue weighted by atomic mass is 10.0. The molecule has 0 fully saturated rings. The quantitative estimate of drug-likeness (QED) is 0.0325. The summed E-state index contributed by atoms with van der Waals surface area (Å²) < 4.78 is 23.0. The summed E-state index contributed by atoms with van der Waals surface area (Å²) >= 11 is 0. The van der Waals surface area contributed by atoms with E-state index in [1.807, 2.05) is 21.1 Å². The van der Waals surface area contributed by atoms with Crippen LogP contribution in [0.4, 0.5) is 0 Å². The van der Waals surface area contributed by atoms with E-state index in [-0.39, 0.29) is 19.1 Å². The van der Waals surface area contributed by atoms with E-state index in [1.54, 1.807) is 0 Å². The minimum absolute atomic E-state index is 0.00519. The third kappa shape index (κ3) is 31.4. The highest BCUT2D eigenvalue weighted by molar-refractivity contribution is 7.45. The van der Waals surface area contributed by atoms with Crippen molar-refractivity contribution in [2.75, 3.05) is 40.9 Å². The van der Waals surface area contributed by atoms with Crippen LogP contribution in [-0.2, 0) is 18.4 Å². The highest BCUT2D eigenvalue weighted by atomic mass is 31.2. The first-order valence-corrected chi connectivity index (χ1v) is 19.6. The van der Waals surface area contributed by atoms with Gasteiger partial charge in [-0.1, -0.05) is 102 Å². The number of phosphoric ester groups is 1. The Morgan fingerprint density at radius 2 is 1.22 bits per heavy atom. The number of carbonyl (C=O) groups excluding carboxylic acids is 1. The molecule has 0 rings (SSSR count). The van der Waals surface area contributed by atoms with Gasteiger partial charge in [0.1, 0.15) is 13.2 Å². The van der Waals surface area contributed by atoms with Crippen LogP contribution in [0.25, 0.3) is 0 Å². The van der Waals surface area contributed by atoms with Crippen molar-refractivity contribution in [2.45, 2.75) is 161 Å². The largest absolute Gasteiger partial charge is 0.756 e. The van der Waals surface area contributed by atoms with Crippen LogP contribution in [0.2, 0.25) is 0 Å². The number of aliphatic hydroxyl groups excluding tert-OH is 1. The Labute approximate surface area is 277 Å². The standard InChI is InChI=1S/C36H71N2O6P/c1-6-8-10-12-14-16-17-18-19-20-22-24-26-28-30-36(40)37-34(33-44-45(41,42)43-32-31-38(3,4)5)35(39)29-27-25-23-21-15-13-11-9-7-2/h15,17-18,21,34-35,39H,6-14,16,19-20,22-33H2,1-5H3,(H-,37,40,41,42)/b18-17+,21-15+/t34-,35+/m0/s1. The Morgan fingerprint density at radius 3 is 1.78 bits per heavy atom. The van der Waals surface area contributed by atoms with E-state index >= 15 is 0 Å². The van der Waals surface area contributed by atoms with Crippen LogP contribution in [-0.4, -0.2) is 68.5 Å². The van der Waals surface area contributed by atoms with Gasteiger partial charge in [0.05, 0.1) is 39.9 Å². The number of unbranched alkanes of at least 4 members (excludes halogenated alkanes) is 15. The van der Waals surface area contributed by atoms with Gasteiger partial charge in [0.15, 0.2) is 0 Å². The van der Waals surface area contributed by atoms with Crippen LogP contribution < -0.4 is 10.2 Å². The number of hydrogen-bond donors (Lipinski definition) is 2. The smallest absolute Gasteiger partial charge is 0.268 e. The molecule has 0 saturated heterocycles. The van der Waals surface area contributed by atoms with Gasteiger partial charge in [0, 0.05) is 6.42 Å². The minimum Gasteiger partial charge on any atom is -0.756 e. The Hall–Kier alpha value is -1.02. The van der Waals surface area contributed by atoms with Gasteiger partial charge in [-0.25, -0.2) is 0 Å². The van der Waals surface area contributed by atoms with Gasteiger partial charge < -0.3 is 28.8 Å². The van der Waals surface area contributed by atoms with Gasteiger partial charge in [-0.15, -0.1) is 0 Å². The van der Waals surface area contributed by atoms with Crippen LogP contribution in [0.15, 0.2) is 24.3 Å². The number of phosphoric acid groups is 1. The van der Waals surface area contributed by atoms with Crippen LogP contribution >= 0.6 is 7.82 Å². The summed E-state index contributed by atoms with van der Waals surface area (Å²) in [6.45, 7) is 4.60. The normalized spacial score (nSPS) is 15.1.